The summed E-state index contributed by atoms with van der Waals surface area (Å²) >= 11 is 0. The van der Waals surface area contributed by atoms with E-state index in [1.54, 1.807) is 12.1 Å². The van der Waals surface area contributed by atoms with E-state index in [1.807, 2.05) is 14.0 Å². The normalized spacial score (nSPS) is 12.5. The highest BCUT2D eigenvalue weighted by atomic mass is 19.1. The smallest absolute Gasteiger partial charge is 0.123 e. The van der Waals surface area contributed by atoms with Gasteiger partial charge in [0, 0.05) is 0 Å². The SMILES string of the molecule is C=CC(NC)c1cc(F)ccc1C. The van der Waals surface area contributed by atoms with Gasteiger partial charge in [-0.05, 0) is 37.2 Å². The van der Waals surface area contributed by atoms with Gasteiger partial charge in [0.15, 0.2) is 0 Å². The van der Waals surface area contributed by atoms with Crippen molar-refractivity contribution in [3.05, 3.63) is 47.8 Å². The van der Waals surface area contributed by atoms with Crippen LogP contribution < -0.4 is 5.32 Å². The Balaban J connectivity index is 3.10. The van der Waals surface area contributed by atoms with Gasteiger partial charge in [0.1, 0.15) is 5.82 Å². The summed E-state index contributed by atoms with van der Waals surface area (Å²) in [6, 6.07) is 4.81. The molecule has 0 saturated heterocycles. The van der Waals surface area contributed by atoms with Crippen LogP contribution in [0, 0.1) is 12.7 Å². The van der Waals surface area contributed by atoms with Crippen LogP contribution >= 0.6 is 0 Å². The fraction of sp³-hybridized carbons (Fsp3) is 0.273. The second-order valence-corrected chi connectivity index (χ2v) is 3.00. The topological polar surface area (TPSA) is 12.0 Å². The van der Waals surface area contributed by atoms with E-state index in [4.69, 9.17) is 0 Å². The molecule has 0 aromatic heterocycles. The predicted octanol–water partition coefficient (Wildman–Crippen LogP) is 2.58. The number of likely N-dealkylation sites (N-methyl/N-ethyl adjacent to an activating group) is 1. The van der Waals surface area contributed by atoms with Gasteiger partial charge in [-0.25, -0.2) is 4.39 Å². The Labute approximate surface area is 78.3 Å². The van der Waals surface area contributed by atoms with Crippen LogP contribution in [0.5, 0.6) is 0 Å². The first-order valence-corrected chi connectivity index (χ1v) is 4.25. The molecular formula is C11H14FN. The number of rotatable bonds is 3. The summed E-state index contributed by atoms with van der Waals surface area (Å²) < 4.78 is 12.9. The van der Waals surface area contributed by atoms with Gasteiger partial charge < -0.3 is 5.32 Å². The van der Waals surface area contributed by atoms with Crippen molar-refractivity contribution in [3.63, 3.8) is 0 Å². The number of hydrogen-bond donors (Lipinski definition) is 1. The van der Waals surface area contributed by atoms with Crippen molar-refractivity contribution in [1.29, 1.82) is 0 Å². The van der Waals surface area contributed by atoms with Crippen molar-refractivity contribution in [2.24, 2.45) is 0 Å². The maximum Gasteiger partial charge on any atom is 0.123 e. The molecule has 0 aliphatic carbocycles. The van der Waals surface area contributed by atoms with Crippen LogP contribution in [0.2, 0.25) is 0 Å². The molecule has 1 aromatic carbocycles. The summed E-state index contributed by atoms with van der Waals surface area (Å²) in [4.78, 5) is 0. The van der Waals surface area contributed by atoms with Crippen molar-refractivity contribution >= 4 is 0 Å². The molecule has 2 heteroatoms. The van der Waals surface area contributed by atoms with E-state index in [0.29, 0.717) is 0 Å². The number of halogens is 1. The first-order valence-electron chi connectivity index (χ1n) is 4.25. The maximum absolute atomic E-state index is 12.9. The van der Waals surface area contributed by atoms with Crippen LogP contribution in [0.1, 0.15) is 17.2 Å². The van der Waals surface area contributed by atoms with Crippen molar-refractivity contribution < 1.29 is 4.39 Å². The Bertz CT molecular complexity index is 307. The zero-order chi connectivity index (χ0) is 9.84. The third kappa shape index (κ3) is 2.16. The molecule has 1 atom stereocenters. The summed E-state index contributed by atoms with van der Waals surface area (Å²) in [5, 5.41) is 3.05. The third-order valence-corrected chi connectivity index (χ3v) is 2.12. The Morgan fingerprint density at radius 2 is 2.23 bits per heavy atom. The largest absolute Gasteiger partial charge is 0.310 e. The van der Waals surface area contributed by atoms with Crippen LogP contribution in [0.25, 0.3) is 0 Å². The van der Waals surface area contributed by atoms with Crippen molar-refractivity contribution in [2.45, 2.75) is 13.0 Å². The quantitative estimate of drug-likeness (QED) is 0.703. The average Bonchev–Trinajstić information content (AvgIpc) is 2.13. The molecular weight excluding hydrogens is 165 g/mol. The number of hydrogen-bond acceptors (Lipinski definition) is 1. The van der Waals surface area contributed by atoms with Crippen LogP contribution in [0.4, 0.5) is 4.39 Å². The molecule has 13 heavy (non-hydrogen) atoms. The van der Waals surface area contributed by atoms with Gasteiger partial charge in [0.05, 0.1) is 6.04 Å². The lowest BCUT2D eigenvalue weighted by Gasteiger charge is -2.14. The molecule has 1 aromatic rings. The minimum absolute atomic E-state index is 0.0238. The van der Waals surface area contributed by atoms with Gasteiger partial charge >= 0.3 is 0 Å². The lowest BCUT2D eigenvalue weighted by Crippen LogP contribution is -2.14. The zero-order valence-corrected chi connectivity index (χ0v) is 7.97. The molecule has 0 heterocycles. The summed E-state index contributed by atoms with van der Waals surface area (Å²) in [7, 11) is 1.83. The highest BCUT2D eigenvalue weighted by molar-refractivity contribution is 5.31. The van der Waals surface area contributed by atoms with Gasteiger partial charge in [0.25, 0.3) is 0 Å². The summed E-state index contributed by atoms with van der Waals surface area (Å²) in [6.45, 7) is 5.65. The summed E-state index contributed by atoms with van der Waals surface area (Å²) in [5.74, 6) is -0.206. The van der Waals surface area contributed by atoms with Gasteiger partial charge in [-0.1, -0.05) is 12.1 Å². The predicted molar refractivity (Wildman–Crippen MR) is 53.1 cm³/mol. The van der Waals surface area contributed by atoms with E-state index >= 15 is 0 Å². The Morgan fingerprint density at radius 3 is 2.77 bits per heavy atom. The highest BCUT2D eigenvalue weighted by Crippen LogP contribution is 2.19. The van der Waals surface area contributed by atoms with Gasteiger partial charge in [-0.2, -0.15) is 0 Å². The Kier molecular flexibility index (Phi) is 3.20. The molecule has 0 fully saturated rings. The number of benzene rings is 1. The third-order valence-electron chi connectivity index (χ3n) is 2.12. The van der Waals surface area contributed by atoms with E-state index in [1.165, 1.54) is 12.1 Å². The lowest BCUT2D eigenvalue weighted by molar-refractivity contribution is 0.618. The summed E-state index contributed by atoms with van der Waals surface area (Å²) in [6.07, 6.45) is 1.77. The average molecular weight is 179 g/mol. The van der Waals surface area contributed by atoms with Crippen molar-refractivity contribution in [2.75, 3.05) is 7.05 Å². The van der Waals surface area contributed by atoms with Crippen LogP contribution in [-0.2, 0) is 0 Å². The highest BCUT2D eigenvalue weighted by Gasteiger charge is 2.08. The zero-order valence-electron chi connectivity index (χ0n) is 7.97. The first-order chi connectivity index (χ1) is 6.19. The molecule has 1 nitrogen and oxygen atoms in total. The number of nitrogens with one attached hydrogen (secondary N) is 1. The van der Waals surface area contributed by atoms with E-state index in [2.05, 4.69) is 11.9 Å². The second kappa shape index (κ2) is 4.19. The fourth-order valence-corrected chi connectivity index (χ4v) is 1.35. The minimum Gasteiger partial charge on any atom is -0.310 e. The second-order valence-electron chi connectivity index (χ2n) is 3.00. The van der Waals surface area contributed by atoms with E-state index in [-0.39, 0.29) is 11.9 Å². The molecule has 0 aliphatic rings. The molecule has 0 spiro atoms. The molecule has 0 radical (unpaired) electrons. The molecule has 70 valence electrons. The molecule has 0 amide bonds. The number of aryl methyl sites for hydroxylation is 1. The van der Waals surface area contributed by atoms with Crippen LogP contribution in [0.3, 0.4) is 0 Å². The first kappa shape index (κ1) is 9.93. The molecule has 0 bridgehead atoms. The molecule has 1 rings (SSSR count). The lowest BCUT2D eigenvalue weighted by atomic mass is 10.0. The molecule has 0 saturated carbocycles. The standard InChI is InChI=1S/C11H14FN/c1-4-11(13-3)10-7-9(12)6-5-8(10)2/h4-7,11,13H,1H2,2-3H3. The molecule has 1 unspecified atom stereocenters. The van der Waals surface area contributed by atoms with Gasteiger partial charge in [0.2, 0.25) is 0 Å². The minimum atomic E-state index is -0.206. The fourth-order valence-electron chi connectivity index (χ4n) is 1.35. The van der Waals surface area contributed by atoms with Gasteiger partial charge in [-0.3, -0.25) is 0 Å². The van der Waals surface area contributed by atoms with E-state index < -0.39 is 0 Å². The molecule has 1 N–H and O–H groups in total. The Hall–Kier alpha value is -1.15. The van der Waals surface area contributed by atoms with Crippen molar-refractivity contribution in [3.8, 4) is 0 Å². The van der Waals surface area contributed by atoms with Crippen molar-refractivity contribution in [1.82, 2.24) is 5.32 Å². The van der Waals surface area contributed by atoms with Crippen LogP contribution in [-0.4, -0.2) is 7.05 Å². The maximum atomic E-state index is 12.9. The van der Waals surface area contributed by atoms with E-state index in [9.17, 15) is 4.39 Å². The Morgan fingerprint density at radius 1 is 1.54 bits per heavy atom. The van der Waals surface area contributed by atoms with E-state index in [0.717, 1.165) is 11.1 Å². The summed E-state index contributed by atoms with van der Waals surface area (Å²) in [5.41, 5.74) is 2.01. The molecule has 0 aliphatic heterocycles. The monoisotopic (exact) mass is 179 g/mol. The van der Waals surface area contributed by atoms with Crippen LogP contribution in [0.15, 0.2) is 30.9 Å². The van der Waals surface area contributed by atoms with Gasteiger partial charge in [-0.15, -0.1) is 6.58 Å².